The number of hydrogen-bond acceptors (Lipinski definition) is 5. The molecule has 1 heterocycles. The van der Waals surface area contributed by atoms with Crippen LogP contribution in [-0.2, 0) is 10.2 Å². The van der Waals surface area contributed by atoms with Crippen LogP contribution in [0.5, 0.6) is 0 Å². The van der Waals surface area contributed by atoms with E-state index in [0.717, 1.165) is 10.2 Å². The van der Waals surface area contributed by atoms with Gasteiger partial charge in [-0.3, -0.25) is 4.79 Å². The Labute approximate surface area is 146 Å². The van der Waals surface area contributed by atoms with Gasteiger partial charge >= 0.3 is 5.97 Å². The summed E-state index contributed by atoms with van der Waals surface area (Å²) in [5.74, 6) is -0.656. The van der Waals surface area contributed by atoms with Crippen LogP contribution < -0.4 is 5.56 Å². The minimum atomic E-state index is -0.656. The summed E-state index contributed by atoms with van der Waals surface area (Å²) >= 11 is 0. The molecule has 130 valence electrons. The molecule has 0 amide bonds. The molecule has 0 aliphatic rings. The van der Waals surface area contributed by atoms with Gasteiger partial charge in [0.05, 0.1) is 12.3 Å². The first-order valence-electron chi connectivity index (χ1n) is 8.02. The summed E-state index contributed by atoms with van der Waals surface area (Å²) in [6, 6.07) is 9.17. The Balaban J connectivity index is 2.65. The number of carbonyl (C=O) groups is 1. The molecule has 0 N–H and O–H groups in total. The van der Waals surface area contributed by atoms with Gasteiger partial charge in [0.1, 0.15) is 11.6 Å². The van der Waals surface area contributed by atoms with Crippen molar-refractivity contribution in [2.24, 2.45) is 0 Å². The number of carbonyl (C=O) groups excluding carboxylic acids is 1. The van der Waals surface area contributed by atoms with Crippen LogP contribution in [0, 0.1) is 18.3 Å². The topological polar surface area (TPSA) is 85.0 Å². The number of aromatic nitrogens is 2. The van der Waals surface area contributed by atoms with E-state index in [0.29, 0.717) is 5.69 Å². The Bertz CT molecular complexity index is 898. The van der Waals surface area contributed by atoms with E-state index in [1.165, 1.54) is 6.92 Å². The summed E-state index contributed by atoms with van der Waals surface area (Å²) in [6.07, 6.45) is 0. The standard InChI is InChI=1S/C19H21N3O3/c1-6-25-18(24)16-12(2)15(11-20)17(23)22(21-16)14-9-7-13(8-10-14)19(3,4)5/h7-10H,6H2,1-5H3. The lowest BCUT2D eigenvalue weighted by Crippen LogP contribution is -2.28. The lowest BCUT2D eigenvalue weighted by atomic mass is 9.87. The van der Waals surface area contributed by atoms with Gasteiger partial charge in [0.15, 0.2) is 5.69 Å². The van der Waals surface area contributed by atoms with E-state index in [-0.39, 0.29) is 28.8 Å². The van der Waals surface area contributed by atoms with Crippen LogP contribution in [-0.4, -0.2) is 22.4 Å². The van der Waals surface area contributed by atoms with Crippen LogP contribution in [0.4, 0.5) is 0 Å². The van der Waals surface area contributed by atoms with Crippen molar-refractivity contribution in [3.05, 3.63) is 57.0 Å². The molecule has 0 unspecified atom stereocenters. The van der Waals surface area contributed by atoms with E-state index < -0.39 is 11.5 Å². The number of rotatable bonds is 3. The summed E-state index contributed by atoms with van der Waals surface area (Å²) in [5, 5.41) is 13.5. The van der Waals surface area contributed by atoms with Crippen LogP contribution in [0.3, 0.4) is 0 Å². The quantitative estimate of drug-likeness (QED) is 0.803. The molecule has 1 aromatic carbocycles. The SMILES string of the molecule is CCOC(=O)c1nn(-c2ccc(C(C)(C)C)cc2)c(=O)c(C#N)c1C. The fourth-order valence-corrected chi connectivity index (χ4v) is 2.41. The highest BCUT2D eigenvalue weighted by Crippen LogP contribution is 2.23. The van der Waals surface area contributed by atoms with Crippen LogP contribution >= 0.6 is 0 Å². The average molecular weight is 339 g/mol. The Morgan fingerprint density at radius 3 is 2.36 bits per heavy atom. The molecular formula is C19H21N3O3. The van der Waals surface area contributed by atoms with Crippen molar-refractivity contribution in [1.29, 1.82) is 5.26 Å². The minimum Gasteiger partial charge on any atom is -0.461 e. The van der Waals surface area contributed by atoms with Crippen molar-refractivity contribution in [1.82, 2.24) is 9.78 Å². The van der Waals surface area contributed by atoms with Crippen molar-refractivity contribution in [3.63, 3.8) is 0 Å². The molecule has 0 saturated carbocycles. The Kier molecular flexibility index (Phi) is 5.07. The zero-order valence-corrected chi connectivity index (χ0v) is 15.1. The number of ether oxygens (including phenoxy) is 1. The normalized spacial score (nSPS) is 11.0. The van der Waals surface area contributed by atoms with Gasteiger partial charge in [0, 0.05) is 5.56 Å². The van der Waals surface area contributed by atoms with Gasteiger partial charge in [-0.25, -0.2) is 4.79 Å². The van der Waals surface area contributed by atoms with Gasteiger partial charge < -0.3 is 4.74 Å². The van der Waals surface area contributed by atoms with E-state index in [1.54, 1.807) is 19.1 Å². The molecule has 0 bridgehead atoms. The van der Waals surface area contributed by atoms with Gasteiger partial charge in [-0.15, -0.1) is 0 Å². The molecule has 0 radical (unpaired) electrons. The predicted octanol–water partition coefficient (Wildman–Crippen LogP) is 2.89. The van der Waals surface area contributed by atoms with E-state index in [1.807, 2.05) is 18.2 Å². The Morgan fingerprint density at radius 2 is 1.88 bits per heavy atom. The summed E-state index contributed by atoms with van der Waals surface area (Å²) in [7, 11) is 0. The molecule has 25 heavy (non-hydrogen) atoms. The van der Waals surface area contributed by atoms with Gasteiger partial charge in [0.25, 0.3) is 5.56 Å². The van der Waals surface area contributed by atoms with E-state index in [9.17, 15) is 14.9 Å². The first-order chi connectivity index (χ1) is 11.7. The van der Waals surface area contributed by atoms with E-state index in [4.69, 9.17) is 4.74 Å². The van der Waals surface area contributed by atoms with E-state index >= 15 is 0 Å². The fourth-order valence-electron chi connectivity index (χ4n) is 2.41. The third-order valence-electron chi connectivity index (χ3n) is 3.89. The number of benzene rings is 1. The lowest BCUT2D eigenvalue weighted by Gasteiger charge is -2.19. The zero-order valence-electron chi connectivity index (χ0n) is 15.1. The first-order valence-corrected chi connectivity index (χ1v) is 8.02. The van der Waals surface area contributed by atoms with E-state index in [2.05, 4.69) is 25.9 Å². The summed E-state index contributed by atoms with van der Waals surface area (Å²) in [4.78, 5) is 24.7. The second kappa shape index (κ2) is 6.89. The average Bonchev–Trinajstić information content (AvgIpc) is 2.55. The maximum absolute atomic E-state index is 12.6. The zero-order chi connectivity index (χ0) is 18.8. The van der Waals surface area contributed by atoms with Crippen LogP contribution in [0.1, 0.15) is 54.9 Å². The fraction of sp³-hybridized carbons (Fsp3) is 0.368. The highest BCUT2D eigenvalue weighted by Gasteiger charge is 2.21. The Morgan fingerprint density at radius 1 is 1.28 bits per heavy atom. The summed E-state index contributed by atoms with van der Waals surface area (Å²) < 4.78 is 6.05. The molecule has 0 spiro atoms. The molecular weight excluding hydrogens is 318 g/mol. The van der Waals surface area contributed by atoms with Crippen molar-refractivity contribution < 1.29 is 9.53 Å². The van der Waals surface area contributed by atoms with Crippen LogP contribution in [0.25, 0.3) is 5.69 Å². The molecule has 2 rings (SSSR count). The number of nitriles is 1. The molecule has 2 aromatic rings. The maximum atomic E-state index is 12.6. The summed E-state index contributed by atoms with van der Waals surface area (Å²) in [5.41, 5.74) is 1.08. The molecule has 0 fully saturated rings. The molecule has 6 heteroatoms. The summed E-state index contributed by atoms with van der Waals surface area (Å²) in [6.45, 7) is 9.65. The minimum absolute atomic E-state index is 0.0297. The number of esters is 1. The smallest absolute Gasteiger partial charge is 0.359 e. The van der Waals surface area contributed by atoms with Gasteiger partial charge in [0.2, 0.25) is 0 Å². The highest BCUT2D eigenvalue weighted by atomic mass is 16.5. The molecule has 0 aliphatic heterocycles. The van der Waals surface area contributed by atoms with Gasteiger partial charge in [-0.2, -0.15) is 15.0 Å². The molecule has 0 saturated heterocycles. The van der Waals surface area contributed by atoms with Gasteiger partial charge in [-0.05, 0) is 37.0 Å². The van der Waals surface area contributed by atoms with Gasteiger partial charge in [-0.1, -0.05) is 32.9 Å². The van der Waals surface area contributed by atoms with Crippen LogP contribution in [0.2, 0.25) is 0 Å². The number of hydrogen-bond donors (Lipinski definition) is 0. The third kappa shape index (κ3) is 3.61. The first kappa shape index (κ1) is 18.4. The van der Waals surface area contributed by atoms with Crippen molar-refractivity contribution in [2.45, 2.75) is 40.0 Å². The lowest BCUT2D eigenvalue weighted by molar-refractivity contribution is 0.0516. The molecule has 0 aliphatic carbocycles. The highest BCUT2D eigenvalue weighted by molar-refractivity contribution is 5.89. The predicted molar refractivity (Wildman–Crippen MR) is 93.9 cm³/mol. The largest absolute Gasteiger partial charge is 0.461 e. The molecule has 6 nitrogen and oxygen atoms in total. The monoisotopic (exact) mass is 339 g/mol. The third-order valence-corrected chi connectivity index (χ3v) is 3.89. The second-order valence-electron chi connectivity index (χ2n) is 6.69. The van der Waals surface area contributed by atoms with Crippen LogP contribution in [0.15, 0.2) is 29.1 Å². The second-order valence-corrected chi connectivity index (χ2v) is 6.69. The van der Waals surface area contributed by atoms with Crippen molar-refractivity contribution in [3.8, 4) is 11.8 Å². The van der Waals surface area contributed by atoms with Crippen molar-refractivity contribution in [2.75, 3.05) is 6.61 Å². The van der Waals surface area contributed by atoms with Crippen molar-refractivity contribution >= 4 is 5.97 Å². The number of nitrogens with zero attached hydrogens (tertiary/aromatic N) is 3. The Hall–Kier alpha value is -2.94. The molecule has 0 atom stereocenters. The molecule has 1 aromatic heterocycles. The maximum Gasteiger partial charge on any atom is 0.359 e.